The van der Waals surface area contributed by atoms with Crippen molar-refractivity contribution in [3.63, 3.8) is 0 Å². The highest BCUT2D eigenvalue weighted by Gasteiger charge is 2.39. The molecule has 0 bridgehead atoms. The first-order valence-corrected chi connectivity index (χ1v) is 16.8. The van der Waals surface area contributed by atoms with Crippen molar-refractivity contribution in [2.24, 2.45) is 5.92 Å². The molecule has 1 aromatic rings. The molecule has 2 saturated carbocycles. The third-order valence-corrected chi connectivity index (χ3v) is 10.1. The second-order valence-electron chi connectivity index (χ2n) is 11.9. The van der Waals surface area contributed by atoms with Gasteiger partial charge in [0.25, 0.3) is 0 Å². The third-order valence-electron chi connectivity index (χ3n) is 7.27. The molecule has 16 heteroatoms. The van der Waals surface area contributed by atoms with Crippen molar-refractivity contribution in [2.45, 2.75) is 101 Å². The molecule has 0 radical (unpaired) electrons. The quantitative estimate of drug-likeness (QED) is 0.353. The minimum Gasteiger partial charge on any atom is -0.444 e. The number of sulfonamides is 2. The Bertz CT molecular complexity index is 1320. The number of carbonyl (C=O) groups excluding carboxylic acids is 2. The Morgan fingerprint density at radius 1 is 0.976 bits per heavy atom. The van der Waals surface area contributed by atoms with Crippen molar-refractivity contribution in [3.8, 4) is 0 Å². The fraction of sp³-hybridized carbons (Fsp3) is 0.692. The summed E-state index contributed by atoms with van der Waals surface area (Å²) >= 11 is 0. The summed E-state index contributed by atoms with van der Waals surface area (Å²) < 4.78 is 96.4. The molecule has 0 spiro atoms. The van der Waals surface area contributed by atoms with Gasteiger partial charge in [0.05, 0.1) is 4.90 Å². The van der Waals surface area contributed by atoms with Crippen LogP contribution in [0.1, 0.15) is 65.7 Å². The summed E-state index contributed by atoms with van der Waals surface area (Å²) in [4.78, 5) is 27.5. The molecule has 0 heterocycles. The summed E-state index contributed by atoms with van der Waals surface area (Å²) in [6.07, 6.45) is -1.09. The van der Waals surface area contributed by atoms with Crippen LogP contribution in [-0.2, 0) is 29.6 Å². The number of benzene rings is 1. The molecule has 0 saturated heterocycles. The maximum absolute atomic E-state index is 13.4. The molecule has 1 aromatic carbocycles. The van der Waals surface area contributed by atoms with Crippen LogP contribution in [0, 0.1) is 5.92 Å². The number of carbonyl (C=O) groups is 2. The van der Waals surface area contributed by atoms with Crippen LogP contribution in [0.5, 0.6) is 0 Å². The van der Waals surface area contributed by atoms with E-state index < -0.39 is 55.8 Å². The Hall–Kier alpha value is -2.59. The molecule has 2 amide bonds. The lowest BCUT2D eigenvalue weighted by Crippen LogP contribution is -2.56. The number of amides is 2. The van der Waals surface area contributed by atoms with Crippen LogP contribution in [0.4, 0.5) is 23.7 Å². The molecule has 2 fully saturated rings. The smallest absolute Gasteiger partial charge is 0.408 e. The first-order chi connectivity index (χ1) is 19.2. The van der Waals surface area contributed by atoms with Crippen molar-refractivity contribution in [3.05, 3.63) is 24.3 Å². The van der Waals surface area contributed by atoms with Gasteiger partial charge in [-0.05, 0) is 95.9 Å². The number of halogens is 3. The van der Waals surface area contributed by atoms with E-state index >= 15 is 0 Å². The molecular formula is C26H39F3N4O7S2. The van der Waals surface area contributed by atoms with Crippen molar-refractivity contribution in [2.75, 3.05) is 17.5 Å². The van der Waals surface area contributed by atoms with Crippen molar-refractivity contribution in [1.82, 2.24) is 14.9 Å². The van der Waals surface area contributed by atoms with Crippen LogP contribution >= 0.6 is 0 Å². The number of likely N-dealkylation sites (N-methyl/N-ethyl adjacent to an activating group) is 1. The van der Waals surface area contributed by atoms with Crippen molar-refractivity contribution in [1.29, 1.82) is 0 Å². The van der Waals surface area contributed by atoms with E-state index in [1.165, 1.54) is 0 Å². The summed E-state index contributed by atoms with van der Waals surface area (Å²) in [5, 5.41) is 2.75. The number of hydrogen-bond donors (Lipinski definition) is 3. The largest absolute Gasteiger partial charge is 0.444 e. The molecule has 3 N–H and O–H groups in total. The minimum atomic E-state index is -4.93. The van der Waals surface area contributed by atoms with Crippen LogP contribution < -0.4 is 14.8 Å². The molecule has 238 valence electrons. The normalized spacial score (nSPS) is 21.1. The molecule has 11 nitrogen and oxygen atoms in total. The second kappa shape index (κ2) is 13.0. The molecule has 2 aliphatic carbocycles. The molecule has 3 rings (SSSR count). The van der Waals surface area contributed by atoms with Gasteiger partial charge >= 0.3 is 12.3 Å². The summed E-state index contributed by atoms with van der Waals surface area (Å²) in [6.45, 7) is 5.17. The number of ether oxygens (including phenoxy) is 1. The molecule has 42 heavy (non-hydrogen) atoms. The lowest BCUT2D eigenvalue weighted by atomic mass is 9.80. The maximum atomic E-state index is 13.4. The number of anilines is 1. The topological polar surface area (TPSA) is 151 Å². The predicted octanol–water partition coefficient (Wildman–Crippen LogP) is 3.73. The van der Waals surface area contributed by atoms with E-state index in [1.807, 2.05) is 0 Å². The first-order valence-electron chi connectivity index (χ1n) is 13.7. The summed E-state index contributed by atoms with van der Waals surface area (Å²) in [7, 11) is -7.02. The number of alkyl halides is 3. The van der Waals surface area contributed by atoms with Crippen LogP contribution in [-0.4, -0.2) is 76.4 Å². The molecule has 1 atom stereocenters. The van der Waals surface area contributed by atoms with Crippen molar-refractivity contribution >= 4 is 37.7 Å². The Morgan fingerprint density at radius 3 is 2.02 bits per heavy atom. The van der Waals surface area contributed by atoms with Gasteiger partial charge in [-0.15, -0.1) is 0 Å². The Labute approximate surface area is 245 Å². The predicted molar refractivity (Wildman–Crippen MR) is 150 cm³/mol. The highest BCUT2D eigenvalue weighted by atomic mass is 32.2. The lowest BCUT2D eigenvalue weighted by molar-refractivity contribution is -0.137. The standard InChI is InChI=1S/C26H39F3N4O7S2/c1-25(2,3)40-24(35)30-22(23(34)33(4)20-6-5-7-20)17-8-10-19(11-9-17)32-42(38,39)21-14-12-18(13-15-21)31-41(36,37)16-26(27,28)29/h12-15,17,19-20,22,31-32H,5-11,16H2,1-4H3,(H,30,35)/t17?,19?,22-/m0/s1. The Morgan fingerprint density at radius 2 is 1.55 bits per heavy atom. The molecule has 0 aromatic heterocycles. The first kappa shape index (κ1) is 33.9. The van der Waals surface area contributed by atoms with Gasteiger partial charge in [-0.3, -0.25) is 9.52 Å². The number of alkyl carbamates (subject to hydrolysis) is 1. The highest BCUT2D eigenvalue weighted by molar-refractivity contribution is 7.92. The zero-order valence-corrected chi connectivity index (χ0v) is 25.7. The van der Waals surface area contributed by atoms with Gasteiger partial charge in [-0.25, -0.2) is 26.4 Å². The lowest BCUT2D eigenvalue weighted by Gasteiger charge is -2.40. The minimum absolute atomic E-state index is 0.120. The van der Waals surface area contributed by atoms with Gasteiger partial charge in [0, 0.05) is 24.8 Å². The van der Waals surface area contributed by atoms with Gasteiger partial charge in [0.1, 0.15) is 11.6 Å². The molecule has 0 unspecified atom stereocenters. The zero-order valence-electron chi connectivity index (χ0n) is 24.0. The highest BCUT2D eigenvalue weighted by Crippen LogP contribution is 2.31. The second-order valence-corrected chi connectivity index (χ2v) is 15.3. The van der Waals surface area contributed by atoms with Crippen LogP contribution in [0.15, 0.2) is 29.2 Å². The number of hydrogen-bond acceptors (Lipinski definition) is 7. The number of rotatable bonds is 10. The van der Waals surface area contributed by atoms with Crippen molar-refractivity contribution < 1.29 is 44.3 Å². The molecular weight excluding hydrogens is 601 g/mol. The van der Waals surface area contributed by atoms with E-state index in [4.69, 9.17) is 4.74 Å². The number of nitrogens with one attached hydrogen (secondary N) is 3. The van der Waals surface area contributed by atoms with Gasteiger partial charge in [-0.2, -0.15) is 13.2 Å². The zero-order chi connectivity index (χ0) is 31.5. The van der Waals surface area contributed by atoms with E-state index in [9.17, 15) is 39.6 Å². The van der Waals surface area contributed by atoms with E-state index in [0.717, 1.165) is 43.5 Å². The molecule has 2 aliphatic rings. The van der Waals surface area contributed by atoms with E-state index in [-0.39, 0.29) is 28.4 Å². The fourth-order valence-corrected chi connectivity index (χ4v) is 7.28. The fourth-order valence-electron chi connectivity index (χ4n) is 4.98. The van der Waals surface area contributed by atoms with Crippen LogP contribution in [0.2, 0.25) is 0 Å². The average molecular weight is 641 g/mol. The van der Waals surface area contributed by atoms with E-state index in [0.29, 0.717) is 25.7 Å². The summed E-state index contributed by atoms with van der Waals surface area (Å²) in [6, 6.07) is 3.15. The third kappa shape index (κ3) is 10.0. The SMILES string of the molecule is CN(C(=O)[C@@H](NC(=O)OC(C)(C)C)C1CCC(NS(=O)(=O)c2ccc(NS(=O)(=O)CC(F)(F)F)cc2)CC1)C1CCC1. The van der Waals surface area contributed by atoms with Crippen LogP contribution in [0.25, 0.3) is 0 Å². The Balaban J connectivity index is 1.62. The van der Waals surface area contributed by atoms with E-state index in [1.54, 1.807) is 37.4 Å². The van der Waals surface area contributed by atoms with Gasteiger partial charge in [-0.1, -0.05) is 0 Å². The van der Waals surface area contributed by atoms with Crippen LogP contribution in [0.3, 0.4) is 0 Å². The van der Waals surface area contributed by atoms with E-state index in [2.05, 4.69) is 10.0 Å². The Kier molecular flexibility index (Phi) is 10.5. The summed E-state index contributed by atoms with van der Waals surface area (Å²) in [5.41, 5.74) is -0.960. The number of nitrogens with zero attached hydrogens (tertiary/aromatic N) is 1. The summed E-state index contributed by atoms with van der Waals surface area (Å²) in [5.74, 6) is -2.51. The monoisotopic (exact) mass is 640 g/mol. The average Bonchev–Trinajstić information content (AvgIpc) is 2.78. The van der Waals surface area contributed by atoms with Gasteiger partial charge in [0.15, 0.2) is 5.75 Å². The maximum Gasteiger partial charge on any atom is 0.408 e. The van der Waals surface area contributed by atoms with Gasteiger partial charge < -0.3 is 15.0 Å². The van der Waals surface area contributed by atoms with Gasteiger partial charge in [0.2, 0.25) is 26.0 Å². The molecule has 0 aliphatic heterocycles.